The number of fused-ring (bicyclic) bond motifs is 3. The Balaban J connectivity index is 1.57. The molecule has 2 heterocycles. The van der Waals surface area contributed by atoms with Gasteiger partial charge in [0.25, 0.3) is 0 Å². The van der Waals surface area contributed by atoms with E-state index in [2.05, 4.69) is 15.3 Å². The van der Waals surface area contributed by atoms with Crippen molar-refractivity contribution in [1.29, 1.82) is 5.41 Å². The van der Waals surface area contributed by atoms with Gasteiger partial charge in [0.2, 0.25) is 5.95 Å². The lowest BCUT2D eigenvalue weighted by molar-refractivity contribution is 0.0521. The van der Waals surface area contributed by atoms with E-state index >= 15 is 0 Å². The van der Waals surface area contributed by atoms with Crippen molar-refractivity contribution in [2.24, 2.45) is 12.8 Å². The molecule has 10 heteroatoms. The van der Waals surface area contributed by atoms with Crippen molar-refractivity contribution in [2.75, 3.05) is 5.32 Å². The summed E-state index contributed by atoms with van der Waals surface area (Å²) in [5.41, 5.74) is 6.97. The molecule has 2 saturated carbocycles. The molecule has 0 amide bonds. The van der Waals surface area contributed by atoms with Gasteiger partial charge in [0.15, 0.2) is 5.65 Å². The zero-order valence-corrected chi connectivity index (χ0v) is 18.5. The maximum absolute atomic E-state index is 14.7. The van der Waals surface area contributed by atoms with E-state index in [1.165, 1.54) is 16.8 Å². The average molecular weight is 452 g/mol. The molecule has 2 aliphatic carbocycles. The monoisotopic (exact) mass is 451 g/mol. The second-order valence-electron chi connectivity index (χ2n) is 9.24. The number of nitrogens with one attached hydrogen (secondary N) is 2. The standard InChI is InChI=1S/C23H26FN7O2/c1-13-7-15(14(9-25)10-26)16(24)8-17(13)28-20-27-11-18-19(29-20)31(21(32)30(18)2)22-3-5-23(33,12-22)6-4-22/h7-11,25,33H,3-6,12,26H2,1-2H3,(H,27,28,29)/b14-10+,25-9?. The summed E-state index contributed by atoms with van der Waals surface area (Å²) >= 11 is 0. The first-order valence-electron chi connectivity index (χ1n) is 10.9. The molecule has 9 nitrogen and oxygen atoms in total. The van der Waals surface area contributed by atoms with Crippen LogP contribution in [0.1, 0.15) is 43.2 Å². The number of imidazole rings is 1. The van der Waals surface area contributed by atoms with Crippen LogP contribution >= 0.6 is 0 Å². The minimum atomic E-state index is -0.709. The van der Waals surface area contributed by atoms with Gasteiger partial charge in [-0.1, -0.05) is 0 Å². The molecular weight excluding hydrogens is 425 g/mol. The second-order valence-corrected chi connectivity index (χ2v) is 9.24. The number of halogens is 1. The summed E-state index contributed by atoms with van der Waals surface area (Å²) in [6.45, 7) is 1.80. The van der Waals surface area contributed by atoms with Crippen LogP contribution in [0.15, 0.2) is 29.3 Å². The molecule has 2 aromatic heterocycles. The van der Waals surface area contributed by atoms with Crippen molar-refractivity contribution in [2.45, 2.75) is 50.2 Å². The lowest BCUT2D eigenvalue weighted by Gasteiger charge is -2.27. The summed E-state index contributed by atoms with van der Waals surface area (Å²) < 4.78 is 18.0. The van der Waals surface area contributed by atoms with Crippen molar-refractivity contribution in [3.05, 3.63) is 52.0 Å². The summed E-state index contributed by atoms with van der Waals surface area (Å²) in [5, 5.41) is 21.2. The summed E-state index contributed by atoms with van der Waals surface area (Å²) in [7, 11) is 1.69. The third-order valence-corrected chi connectivity index (χ3v) is 7.25. The van der Waals surface area contributed by atoms with Gasteiger partial charge in [0, 0.05) is 36.3 Å². The van der Waals surface area contributed by atoms with Gasteiger partial charge in [-0.05, 0) is 56.7 Å². The number of nitrogens with two attached hydrogens (primary N) is 1. The average Bonchev–Trinajstić information content (AvgIpc) is 3.39. The fourth-order valence-corrected chi connectivity index (χ4v) is 5.42. The molecule has 0 unspecified atom stereocenters. The molecule has 5 N–H and O–H groups in total. The quantitative estimate of drug-likeness (QED) is 0.441. The number of nitrogens with zero attached hydrogens (tertiary/aromatic N) is 4. The summed E-state index contributed by atoms with van der Waals surface area (Å²) in [6, 6.07) is 2.92. The van der Waals surface area contributed by atoms with Gasteiger partial charge in [-0.15, -0.1) is 0 Å². The van der Waals surface area contributed by atoms with Crippen molar-refractivity contribution in [3.63, 3.8) is 0 Å². The van der Waals surface area contributed by atoms with Crippen LogP contribution in [-0.2, 0) is 12.6 Å². The van der Waals surface area contributed by atoms with Gasteiger partial charge in [-0.25, -0.2) is 14.2 Å². The molecule has 2 aliphatic rings. The Kier molecular flexibility index (Phi) is 4.68. The van der Waals surface area contributed by atoms with Crippen LogP contribution in [0.3, 0.4) is 0 Å². The summed E-state index contributed by atoms with van der Waals surface area (Å²) in [6.07, 6.45) is 7.12. The van der Waals surface area contributed by atoms with Crippen LogP contribution < -0.4 is 16.7 Å². The van der Waals surface area contributed by atoms with E-state index in [1.807, 2.05) is 0 Å². The van der Waals surface area contributed by atoms with Gasteiger partial charge in [0.05, 0.1) is 17.3 Å². The van der Waals surface area contributed by atoms with E-state index in [9.17, 15) is 14.3 Å². The fraction of sp³-hybridized carbons (Fsp3) is 0.391. The first-order valence-corrected chi connectivity index (χ1v) is 10.9. The van der Waals surface area contributed by atoms with Crippen LogP contribution in [0.5, 0.6) is 0 Å². The van der Waals surface area contributed by atoms with Crippen LogP contribution in [0.25, 0.3) is 16.7 Å². The highest BCUT2D eigenvalue weighted by Crippen LogP contribution is 2.55. The number of aliphatic hydroxyl groups is 1. The molecule has 3 aromatic rings. The smallest absolute Gasteiger partial charge is 0.330 e. The topological polar surface area (TPSA) is 135 Å². The molecular formula is C23H26FN7O2. The minimum Gasteiger partial charge on any atom is -0.404 e. The Labute approximate surface area is 189 Å². The van der Waals surface area contributed by atoms with E-state index in [-0.39, 0.29) is 22.8 Å². The molecule has 2 fully saturated rings. The number of anilines is 2. The molecule has 33 heavy (non-hydrogen) atoms. The van der Waals surface area contributed by atoms with Crippen LogP contribution in [0.2, 0.25) is 0 Å². The van der Waals surface area contributed by atoms with E-state index in [1.54, 1.807) is 30.8 Å². The lowest BCUT2D eigenvalue weighted by atomic mass is 9.92. The molecule has 0 atom stereocenters. The third-order valence-electron chi connectivity index (χ3n) is 7.25. The Hall–Kier alpha value is -3.53. The van der Waals surface area contributed by atoms with E-state index < -0.39 is 17.0 Å². The molecule has 0 aliphatic heterocycles. The van der Waals surface area contributed by atoms with Crippen molar-refractivity contribution in [1.82, 2.24) is 19.1 Å². The first-order chi connectivity index (χ1) is 15.7. The number of hydrogen-bond acceptors (Lipinski definition) is 7. The van der Waals surface area contributed by atoms with Gasteiger partial charge < -0.3 is 21.6 Å². The number of hydrogen-bond donors (Lipinski definition) is 4. The number of aryl methyl sites for hydroxylation is 2. The van der Waals surface area contributed by atoms with Gasteiger partial charge >= 0.3 is 5.69 Å². The van der Waals surface area contributed by atoms with Gasteiger partial charge in [0.1, 0.15) is 11.3 Å². The fourth-order valence-electron chi connectivity index (χ4n) is 5.42. The van der Waals surface area contributed by atoms with Crippen LogP contribution in [-0.4, -0.2) is 36.0 Å². The van der Waals surface area contributed by atoms with Crippen molar-refractivity contribution < 1.29 is 9.50 Å². The Morgan fingerprint density at radius 3 is 2.67 bits per heavy atom. The second kappa shape index (κ2) is 7.24. The summed E-state index contributed by atoms with van der Waals surface area (Å²) in [4.78, 5) is 22.1. The molecule has 5 rings (SSSR count). The van der Waals surface area contributed by atoms with E-state index in [4.69, 9.17) is 11.1 Å². The molecule has 0 radical (unpaired) electrons. The highest BCUT2D eigenvalue weighted by molar-refractivity contribution is 6.08. The SMILES string of the molecule is Cc1cc(/C(C=N)=C/N)c(F)cc1Nc1ncc2c(n1)n(C13CCC(O)(CC1)C3)c(=O)n2C. The molecule has 172 valence electrons. The van der Waals surface area contributed by atoms with Gasteiger partial charge in [-0.2, -0.15) is 4.98 Å². The van der Waals surface area contributed by atoms with E-state index in [0.29, 0.717) is 36.1 Å². The highest BCUT2D eigenvalue weighted by Gasteiger charge is 2.55. The molecule has 2 bridgehead atoms. The van der Waals surface area contributed by atoms with Crippen LogP contribution in [0, 0.1) is 18.2 Å². The minimum absolute atomic E-state index is 0.179. The lowest BCUT2D eigenvalue weighted by Crippen LogP contribution is -2.38. The molecule has 0 spiro atoms. The number of rotatable bonds is 5. The molecule has 0 saturated heterocycles. The largest absolute Gasteiger partial charge is 0.404 e. The maximum atomic E-state index is 14.7. The van der Waals surface area contributed by atoms with E-state index in [0.717, 1.165) is 24.6 Å². The molecule has 1 aromatic carbocycles. The number of aromatic nitrogens is 4. The normalized spacial score (nSPS) is 24.5. The zero-order valence-electron chi connectivity index (χ0n) is 18.5. The Morgan fingerprint density at radius 1 is 1.33 bits per heavy atom. The highest BCUT2D eigenvalue weighted by atomic mass is 19.1. The Bertz CT molecular complexity index is 1380. The third kappa shape index (κ3) is 3.16. The number of benzene rings is 1. The predicted molar refractivity (Wildman–Crippen MR) is 124 cm³/mol. The van der Waals surface area contributed by atoms with Crippen LogP contribution in [0.4, 0.5) is 16.0 Å². The Morgan fingerprint density at radius 2 is 2.06 bits per heavy atom. The van der Waals surface area contributed by atoms with Crippen molar-refractivity contribution in [3.8, 4) is 0 Å². The predicted octanol–water partition coefficient (Wildman–Crippen LogP) is 2.67. The first kappa shape index (κ1) is 21.3. The zero-order chi connectivity index (χ0) is 23.5. The van der Waals surface area contributed by atoms with Crippen molar-refractivity contribution >= 4 is 34.6 Å². The number of allylic oxidation sites excluding steroid dienone is 1. The van der Waals surface area contributed by atoms with Gasteiger partial charge in [-0.3, -0.25) is 9.13 Å². The maximum Gasteiger partial charge on any atom is 0.330 e. The summed E-state index contributed by atoms with van der Waals surface area (Å²) in [5.74, 6) is -0.294.